The van der Waals surface area contributed by atoms with E-state index in [-0.39, 0.29) is 22.6 Å². The van der Waals surface area contributed by atoms with E-state index in [1.54, 1.807) is 6.92 Å². The maximum absolute atomic E-state index is 13.4. The predicted octanol–water partition coefficient (Wildman–Crippen LogP) is 3.89. The number of hydrogen-bond acceptors (Lipinski definition) is 3. The van der Waals surface area contributed by atoms with Gasteiger partial charge in [-0.25, -0.2) is 4.39 Å². The number of benzene rings is 1. The molecule has 0 saturated heterocycles. The molecule has 1 saturated carbocycles. The van der Waals surface area contributed by atoms with Gasteiger partial charge >= 0.3 is 0 Å². The van der Waals surface area contributed by atoms with Gasteiger partial charge in [-0.15, -0.1) is 0 Å². The fourth-order valence-electron chi connectivity index (χ4n) is 2.65. The molecule has 0 heterocycles. The van der Waals surface area contributed by atoms with Gasteiger partial charge in [0.25, 0.3) is 5.69 Å². The van der Waals surface area contributed by atoms with Gasteiger partial charge in [-0.3, -0.25) is 10.1 Å². The van der Waals surface area contributed by atoms with Crippen LogP contribution in [0.1, 0.15) is 33.3 Å². The van der Waals surface area contributed by atoms with E-state index in [0.29, 0.717) is 11.3 Å². The van der Waals surface area contributed by atoms with E-state index < -0.39 is 10.7 Å². The molecule has 0 unspecified atom stereocenters. The van der Waals surface area contributed by atoms with Crippen LogP contribution < -0.4 is 5.32 Å². The Morgan fingerprint density at radius 1 is 1.26 bits per heavy atom. The Balaban J connectivity index is 2.36. The summed E-state index contributed by atoms with van der Waals surface area (Å²) in [5, 5.41) is 14.2. The van der Waals surface area contributed by atoms with Crippen molar-refractivity contribution in [3.05, 3.63) is 33.6 Å². The number of hydrogen-bond donors (Lipinski definition) is 1. The molecular formula is C14H19FN2O2. The molecule has 2 rings (SSSR count). The second-order valence-corrected chi connectivity index (χ2v) is 6.40. The third kappa shape index (κ3) is 1.97. The summed E-state index contributed by atoms with van der Waals surface area (Å²) in [6, 6.07) is 2.64. The van der Waals surface area contributed by atoms with Gasteiger partial charge in [-0.1, -0.05) is 27.7 Å². The van der Waals surface area contributed by atoms with E-state index in [1.165, 1.54) is 6.07 Å². The van der Waals surface area contributed by atoms with Crippen molar-refractivity contribution >= 4 is 11.4 Å². The summed E-state index contributed by atoms with van der Waals surface area (Å²) >= 11 is 0. The number of nitro groups is 1. The zero-order valence-corrected chi connectivity index (χ0v) is 11.9. The highest BCUT2D eigenvalue weighted by atomic mass is 19.1. The maximum Gasteiger partial charge on any atom is 0.295 e. The molecule has 1 fully saturated rings. The highest BCUT2D eigenvalue weighted by Crippen LogP contribution is 2.64. The molecule has 1 N–H and O–H groups in total. The molecular weight excluding hydrogens is 247 g/mol. The minimum absolute atomic E-state index is 0.0587. The number of nitro benzene ring substituents is 1. The third-order valence-corrected chi connectivity index (χ3v) is 4.79. The molecule has 0 aliphatic heterocycles. The number of rotatable bonds is 3. The molecule has 0 bridgehead atoms. The Kier molecular flexibility index (Phi) is 2.84. The number of anilines is 1. The monoisotopic (exact) mass is 266 g/mol. The van der Waals surface area contributed by atoms with Crippen LogP contribution in [0.15, 0.2) is 12.1 Å². The summed E-state index contributed by atoms with van der Waals surface area (Å²) in [5.74, 6) is -0.549. The van der Waals surface area contributed by atoms with Crippen LogP contribution >= 0.6 is 0 Å². The summed E-state index contributed by atoms with van der Waals surface area (Å²) in [5.41, 5.74) is 0.713. The highest BCUT2D eigenvalue weighted by Gasteiger charge is 2.65. The lowest BCUT2D eigenvalue weighted by atomic mass is 10.0. The Morgan fingerprint density at radius 3 is 2.21 bits per heavy atom. The molecule has 104 valence electrons. The average Bonchev–Trinajstić information content (AvgIpc) is 2.65. The molecule has 0 spiro atoms. The van der Waals surface area contributed by atoms with E-state index in [4.69, 9.17) is 0 Å². The van der Waals surface area contributed by atoms with Crippen molar-refractivity contribution in [2.75, 3.05) is 5.32 Å². The molecule has 1 aliphatic rings. The minimum atomic E-state index is -0.549. The molecule has 1 aromatic carbocycles. The molecule has 5 heteroatoms. The summed E-state index contributed by atoms with van der Waals surface area (Å²) in [7, 11) is 0. The molecule has 0 radical (unpaired) electrons. The van der Waals surface area contributed by atoms with E-state index in [9.17, 15) is 14.5 Å². The number of aryl methyl sites for hydroxylation is 1. The predicted molar refractivity (Wildman–Crippen MR) is 72.8 cm³/mol. The second-order valence-electron chi connectivity index (χ2n) is 6.40. The SMILES string of the molecule is Cc1cc(NC2C(C)(C)C2(C)C)c([N+](=O)[O-])cc1F. The van der Waals surface area contributed by atoms with E-state index in [0.717, 1.165) is 6.07 Å². The van der Waals surface area contributed by atoms with Gasteiger partial charge in [0.15, 0.2) is 0 Å². The Bertz CT molecular complexity index is 539. The Hall–Kier alpha value is -1.65. The maximum atomic E-state index is 13.4. The number of nitrogens with one attached hydrogen (secondary N) is 1. The number of nitrogens with zero attached hydrogens (tertiary/aromatic N) is 1. The first-order valence-electron chi connectivity index (χ1n) is 6.30. The van der Waals surface area contributed by atoms with Crippen LogP contribution in [0, 0.1) is 33.7 Å². The summed E-state index contributed by atoms with van der Waals surface area (Å²) in [4.78, 5) is 10.5. The van der Waals surface area contributed by atoms with Crippen molar-refractivity contribution in [1.29, 1.82) is 0 Å². The lowest BCUT2D eigenvalue weighted by molar-refractivity contribution is -0.384. The van der Waals surface area contributed by atoms with Crippen molar-refractivity contribution in [3.63, 3.8) is 0 Å². The van der Waals surface area contributed by atoms with Crippen LogP contribution in [-0.2, 0) is 0 Å². The van der Waals surface area contributed by atoms with Crippen molar-refractivity contribution in [3.8, 4) is 0 Å². The van der Waals surface area contributed by atoms with Gasteiger partial charge in [0.1, 0.15) is 11.5 Å². The van der Waals surface area contributed by atoms with Gasteiger partial charge in [-0.2, -0.15) is 0 Å². The molecule has 4 nitrogen and oxygen atoms in total. The topological polar surface area (TPSA) is 55.2 Å². The lowest BCUT2D eigenvalue weighted by Gasteiger charge is -2.10. The van der Waals surface area contributed by atoms with Crippen LogP contribution in [0.25, 0.3) is 0 Å². The minimum Gasteiger partial charge on any atom is -0.376 e. The third-order valence-electron chi connectivity index (χ3n) is 4.79. The van der Waals surface area contributed by atoms with E-state index >= 15 is 0 Å². The van der Waals surface area contributed by atoms with Crippen LogP contribution in [0.4, 0.5) is 15.8 Å². The van der Waals surface area contributed by atoms with Crippen molar-refractivity contribution in [2.24, 2.45) is 10.8 Å². The van der Waals surface area contributed by atoms with E-state index in [1.807, 2.05) is 0 Å². The first kappa shape index (κ1) is 13.8. The average molecular weight is 266 g/mol. The quantitative estimate of drug-likeness (QED) is 0.667. The lowest BCUT2D eigenvalue weighted by Crippen LogP contribution is -2.12. The molecule has 1 aromatic rings. The van der Waals surface area contributed by atoms with Crippen LogP contribution in [0.2, 0.25) is 0 Å². The summed E-state index contributed by atoms with van der Waals surface area (Å²) in [6.07, 6.45) is 0. The van der Waals surface area contributed by atoms with Gasteiger partial charge in [0, 0.05) is 6.04 Å². The molecule has 19 heavy (non-hydrogen) atoms. The molecule has 0 amide bonds. The fraction of sp³-hybridized carbons (Fsp3) is 0.571. The second kappa shape index (κ2) is 3.92. The Labute approximate surface area is 112 Å². The highest BCUT2D eigenvalue weighted by molar-refractivity contribution is 5.65. The summed E-state index contributed by atoms with van der Waals surface area (Å²) < 4.78 is 13.4. The van der Waals surface area contributed by atoms with Gasteiger partial charge in [-0.05, 0) is 29.4 Å². The normalized spacial score (nSPS) is 20.1. The Morgan fingerprint density at radius 2 is 1.79 bits per heavy atom. The van der Waals surface area contributed by atoms with Crippen molar-refractivity contribution in [2.45, 2.75) is 40.7 Å². The van der Waals surface area contributed by atoms with Gasteiger partial charge in [0.05, 0.1) is 11.0 Å². The van der Waals surface area contributed by atoms with Crippen LogP contribution in [-0.4, -0.2) is 11.0 Å². The largest absolute Gasteiger partial charge is 0.376 e. The fourth-order valence-corrected chi connectivity index (χ4v) is 2.65. The summed E-state index contributed by atoms with van der Waals surface area (Å²) in [6.45, 7) is 10.1. The first-order valence-corrected chi connectivity index (χ1v) is 6.30. The molecule has 0 atom stereocenters. The first-order chi connectivity index (χ1) is 8.59. The van der Waals surface area contributed by atoms with Crippen LogP contribution in [0.3, 0.4) is 0 Å². The van der Waals surface area contributed by atoms with Gasteiger partial charge in [0.2, 0.25) is 0 Å². The molecule has 0 aromatic heterocycles. The van der Waals surface area contributed by atoms with Crippen molar-refractivity contribution < 1.29 is 9.31 Å². The van der Waals surface area contributed by atoms with Crippen LogP contribution in [0.5, 0.6) is 0 Å². The zero-order chi connectivity index (χ0) is 14.6. The van der Waals surface area contributed by atoms with Gasteiger partial charge < -0.3 is 5.32 Å². The van der Waals surface area contributed by atoms with Crippen molar-refractivity contribution in [1.82, 2.24) is 0 Å². The smallest absolute Gasteiger partial charge is 0.295 e. The van der Waals surface area contributed by atoms with E-state index in [2.05, 4.69) is 33.0 Å². The number of halogens is 1. The standard InChI is InChI=1S/C14H19FN2O2/c1-8-6-10(11(17(18)19)7-9(8)15)16-12-13(2,3)14(12,4)5/h6-7,12,16H,1-5H3. The zero-order valence-electron chi connectivity index (χ0n) is 11.9. The molecule has 1 aliphatic carbocycles.